The minimum absolute atomic E-state index is 0.0191. The Morgan fingerprint density at radius 2 is 1.73 bits per heavy atom. The molecule has 0 aromatic carbocycles. The first-order chi connectivity index (χ1) is 6.88. The third-order valence-corrected chi connectivity index (χ3v) is 1.69. The zero-order valence-corrected chi connectivity index (χ0v) is 8.99. The van der Waals surface area contributed by atoms with Crippen LogP contribution in [0.4, 0.5) is 0 Å². The molecule has 0 aliphatic heterocycles. The molecule has 0 spiro atoms. The molecule has 0 unspecified atom stereocenters. The number of rotatable bonds is 5. The maximum atomic E-state index is 11.1. The minimum atomic E-state index is -1.14. The number of carboxylic acids is 1. The number of aliphatic carboxylic acids is 1. The van der Waals surface area contributed by atoms with Gasteiger partial charge in [0.2, 0.25) is 0 Å². The molecule has 0 saturated heterocycles. The monoisotopic (exact) mass is 214 g/mol. The first kappa shape index (κ1) is 13.4. The van der Waals surface area contributed by atoms with Crippen molar-refractivity contribution in [1.82, 2.24) is 0 Å². The summed E-state index contributed by atoms with van der Waals surface area (Å²) in [5.41, 5.74) is -0.0191. The Labute approximate surface area is 87.7 Å². The fourth-order valence-electron chi connectivity index (χ4n) is 0.910. The van der Waals surface area contributed by atoms with Gasteiger partial charge in [0.1, 0.15) is 18.0 Å². The smallest absolute Gasteiger partial charge is 0.334 e. The topological polar surface area (TPSA) is 80.7 Å². The Morgan fingerprint density at radius 3 is 2.07 bits per heavy atom. The van der Waals surface area contributed by atoms with Gasteiger partial charge < -0.3 is 9.84 Å². The van der Waals surface area contributed by atoms with E-state index in [1.807, 2.05) is 0 Å². The predicted molar refractivity (Wildman–Crippen MR) is 52.0 cm³/mol. The summed E-state index contributed by atoms with van der Waals surface area (Å²) in [6, 6.07) is 0. The molecular formula is C10H14O5. The molecule has 0 aliphatic carbocycles. The normalized spacial score (nSPS) is 11.7. The van der Waals surface area contributed by atoms with Crippen LogP contribution in [0.5, 0.6) is 0 Å². The number of hydrogen-bond acceptors (Lipinski definition) is 4. The van der Waals surface area contributed by atoms with Crippen molar-refractivity contribution in [3.8, 4) is 0 Å². The SMILES string of the molecule is CCC(OC(=O)CC(C)=O)=C(C)C(=O)O. The van der Waals surface area contributed by atoms with Crippen LogP contribution in [-0.2, 0) is 19.1 Å². The van der Waals surface area contributed by atoms with Crippen LogP contribution in [0.1, 0.15) is 33.6 Å². The van der Waals surface area contributed by atoms with Gasteiger partial charge >= 0.3 is 11.9 Å². The molecule has 0 amide bonds. The lowest BCUT2D eigenvalue weighted by Crippen LogP contribution is -2.11. The van der Waals surface area contributed by atoms with Gasteiger partial charge in [0.05, 0.1) is 5.57 Å². The highest BCUT2D eigenvalue weighted by Crippen LogP contribution is 2.11. The fourth-order valence-corrected chi connectivity index (χ4v) is 0.910. The maximum Gasteiger partial charge on any atom is 0.334 e. The van der Waals surface area contributed by atoms with E-state index in [0.717, 1.165) is 0 Å². The van der Waals surface area contributed by atoms with E-state index in [4.69, 9.17) is 9.84 Å². The Hall–Kier alpha value is -1.65. The van der Waals surface area contributed by atoms with E-state index in [2.05, 4.69) is 0 Å². The number of allylic oxidation sites excluding steroid dienone is 1. The molecule has 0 saturated carbocycles. The number of carboxylic acid groups (broad SMARTS) is 1. The van der Waals surface area contributed by atoms with Crippen molar-refractivity contribution in [3.05, 3.63) is 11.3 Å². The maximum absolute atomic E-state index is 11.1. The highest BCUT2D eigenvalue weighted by molar-refractivity contribution is 5.95. The van der Waals surface area contributed by atoms with E-state index in [0.29, 0.717) is 6.42 Å². The average molecular weight is 214 g/mol. The third kappa shape index (κ3) is 4.95. The van der Waals surface area contributed by atoms with Crippen molar-refractivity contribution < 1.29 is 24.2 Å². The van der Waals surface area contributed by atoms with Gasteiger partial charge in [0, 0.05) is 6.42 Å². The minimum Gasteiger partial charge on any atom is -0.478 e. The molecule has 0 bridgehead atoms. The molecule has 0 aliphatic rings. The highest BCUT2D eigenvalue weighted by Gasteiger charge is 2.14. The molecule has 0 rings (SSSR count). The number of carbonyl (C=O) groups excluding carboxylic acids is 2. The quantitative estimate of drug-likeness (QED) is 0.322. The van der Waals surface area contributed by atoms with Gasteiger partial charge in [-0.1, -0.05) is 6.92 Å². The molecule has 0 radical (unpaired) electrons. The van der Waals surface area contributed by atoms with Gasteiger partial charge in [-0.25, -0.2) is 4.79 Å². The van der Waals surface area contributed by atoms with Crippen molar-refractivity contribution in [2.45, 2.75) is 33.6 Å². The summed E-state index contributed by atoms with van der Waals surface area (Å²) in [7, 11) is 0. The molecule has 5 nitrogen and oxygen atoms in total. The van der Waals surface area contributed by atoms with Gasteiger partial charge in [-0.15, -0.1) is 0 Å². The van der Waals surface area contributed by atoms with Gasteiger partial charge in [-0.3, -0.25) is 9.59 Å². The van der Waals surface area contributed by atoms with Crippen molar-refractivity contribution >= 4 is 17.7 Å². The van der Waals surface area contributed by atoms with Crippen molar-refractivity contribution in [2.24, 2.45) is 0 Å². The molecule has 0 heterocycles. The van der Waals surface area contributed by atoms with Crippen LogP contribution in [-0.4, -0.2) is 22.8 Å². The number of Topliss-reactive ketones (excluding diaryl/α,β-unsaturated/α-hetero) is 1. The third-order valence-electron chi connectivity index (χ3n) is 1.69. The average Bonchev–Trinajstić information content (AvgIpc) is 2.11. The number of esters is 1. The fraction of sp³-hybridized carbons (Fsp3) is 0.500. The summed E-state index contributed by atoms with van der Waals surface area (Å²) < 4.78 is 4.77. The molecule has 0 aromatic heterocycles. The number of ether oxygens (including phenoxy) is 1. The molecule has 5 heteroatoms. The van der Waals surface area contributed by atoms with E-state index < -0.39 is 11.9 Å². The Morgan fingerprint density at radius 1 is 1.20 bits per heavy atom. The molecule has 15 heavy (non-hydrogen) atoms. The Bertz CT molecular complexity index is 314. The van der Waals surface area contributed by atoms with Crippen molar-refractivity contribution in [1.29, 1.82) is 0 Å². The van der Waals surface area contributed by atoms with Crippen LogP contribution in [0.15, 0.2) is 11.3 Å². The van der Waals surface area contributed by atoms with Crippen LogP contribution < -0.4 is 0 Å². The van der Waals surface area contributed by atoms with E-state index in [9.17, 15) is 14.4 Å². The Kier molecular flexibility index (Phi) is 5.30. The molecule has 0 fully saturated rings. The van der Waals surface area contributed by atoms with Crippen LogP contribution in [0.2, 0.25) is 0 Å². The molecule has 0 atom stereocenters. The first-order valence-electron chi connectivity index (χ1n) is 4.51. The molecule has 0 aromatic rings. The second kappa shape index (κ2) is 5.95. The summed E-state index contributed by atoms with van der Waals surface area (Å²) in [6.45, 7) is 4.28. The zero-order chi connectivity index (χ0) is 12.0. The molecule has 1 N–H and O–H groups in total. The highest BCUT2D eigenvalue weighted by atomic mass is 16.5. The van der Waals surface area contributed by atoms with E-state index >= 15 is 0 Å². The molecular weight excluding hydrogens is 200 g/mol. The van der Waals surface area contributed by atoms with Crippen LogP contribution in [0, 0.1) is 0 Å². The second-order valence-corrected chi connectivity index (χ2v) is 3.06. The van der Waals surface area contributed by atoms with Crippen LogP contribution in [0.25, 0.3) is 0 Å². The lowest BCUT2D eigenvalue weighted by atomic mass is 10.2. The van der Waals surface area contributed by atoms with Crippen molar-refractivity contribution in [3.63, 3.8) is 0 Å². The largest absolute Gasteiger partial charge is 0.478 e. The van der Waals surface area contributed by atoms with Gasteiger partial charge in [0.25, 0.3) is 0 Å². The van der Waals surface area contributed by atoms with Crippen molar-refractivity contribution in [2.75, 3.05) is 0 Å². The van der Waals surface area contributed by atoms with Gasteiger partial charge in [-0.2, -0.15) is 0 Å². The number of carbonyl (C=O) groups is 3. The summed E-state index contributed by atoms with van der Waals surface area (Å²) in [4.78, 5) is 32.3. The summed E-state index contributed by atoms with van der Waals surface area (Å²) >= 11 is 0. The summed E-state index contributed by atoms with van der Waals surface area (Å²) in [5.74, 6) is -2.08. The first-order valence-corrected chi connectivity index (χ1v) is 4.51. The van der Waals surface area contributed by atoms with E-state index in [1.54, 1.807) is 6.92 Å². The number of ketones is 1. The van der Waals surface area contributed by atoms with Gasteiger partial charge in [-0.05, 0) is 13.8 Å². The summed E-state index contributed by atoms with van der Waals surface area (Å²) in [5, 5.41) is 8.66. The zero-order valence-electron chi connectivity index (χ0n) is 8.99. The molecule has 84 valence electrons. The second-order valence-electron chi connectivity index (χ2n) is 3.06. The Balaban J connectivity index is 4.60. The van der Waals surface area contributed by atoms with E-state index in [-0.39, 0.29) is 23.5 Å². The van der Waals surface area contributed by atoms with Crippen LogP contribution in [0.3, 0.4) is 0 Å². The van der Waals surface area contributed by atoms with E-state index in [1.165, 1.54) is 13.8 Å². The lowest BCUT2D eigenvalue weighted by molar-refractivity contribution is -0.142. The predicted octanol–water partition coefficient (Wildman–Crippen LogP) is 1.28. The lowest BCUT2D eigenvalue weighted by Gasteiger charge is -2.07. The number of hydrogen-bond donors (Lipinski definition) is 1. The summed E-state index contributed by atoms with van der Waals surface area (Å²) in [6.07, 6.45) is -0.0435. The van der Waals surface area contributed by atoms with Gasteiger partial charge in [0.15, 0.2) is 0 Å². The van der Waals surface area contributed by atoms with Crippen LogP contribution >= 0.6 is 0 Å². The standard InChI is InChI=1S/C10H14O5/c1-4-8(7(3)10(13)14)15-9(12)5-6(2)11/h4-5H2,1-3H3,(H,13,14).